The number of nitrogens with one attached hydrogen (secondary N) is 3. The van der Waals surface area contributed by atoms with E-state index >= 15 is 0 Å². The molecule has 7 heteroatoms. The van der Waals surface area contributed by atoms with Crippen LogP contribution in [-0.2, 0) is 0 Å². The lowest BCUT2D eigenvalue weighted by atomic mass is 10.5. The van der Waals surface area contributed by atoms with Crippen molar-refractivity contribution in [1.29, 1.82) is 0 Å². The van der Waals surface area contributed by atoms with Crippen LogP contribution < -0.4 is 11.2 Å². The van der Waals surface area contributed by atoms with E-state index in [1.165, 1.54) is 6.33 Å². The summed E-state index contributed by atoms with van der Waals surface area (Å²) in [6.07, 6.45) is 1.34. The van der Waals surface area contributed by atoms with E-state index in [0.717, 1.165) is 0 Å². The van der Waals surface area contributed by atoms with Gasteiger partial charge in [0.1, 0.15) is 5.52 Å². The fraction of sp³-hybridized carbons (Fsp3) is 0. The second-order valence-electron chi connectivity index (χ2n) is 2.03. The number of nitrogens with zero attached hydrogens (tertiary/aromatic N) is 1. The molecule has 2 aromatic heterocycles. The number of rotatable bonds is 0. The summed E-state index contributed by atoms with van der Waals surface area (Å²) in [5.41, 5.74) is -0.445. The molecule has 0 spiro atoms. The first-order valence-corrected chi connectivity index (χ1v) is 2.93. The summed E-state index contributed by atoms with van der Waals surface area (Å²) >= 11 is 0. The van der Waals surface area contributed by atoms with Crippen molar-refractivity contribution in [3.05, 3.63) is 27.2 Å². The molecule has 0 aromatic carbocycles. The molecule has 6 nitrogen and oxygen atoms in total. The van der Waals surface area contributed by atoms with Crippen LogP contribution in [0.25, 0.3) is 11.2 Å². The van der Waals surface area contributed by atoms with Crippen LogP contribution >= 0.6 is 0 Å². The molecule has 0 saturated carbocycles. The molecule has 2 heterocycles. The van der Waals surface area contributed by atoms with Crippen molar-refractivity contribution in [2.24, 2.45) is 0 Å². The van der Waals surface area contributed by atoms with E-state index in [-0.39, 0.29) is 15.9 Å². The Morgan fingerprint density at radius 1 is 1.25 bits per heavy atom. The van der Waals surface area contributed by atoms with E-state index in [1.54, 1.807) is 0 Å². The zero-order chi connectivity index (χ0) is 7.84. The molecule has 0 radical (unpaired) electrons. The van der Waals surface area contributed by atoms with Gasteiger partial charge in [0.25, 0.3) is 5.56 Å². The third kappa shape index (κ3) is 1.00. The topological polar surface area (TPSA) is 94.4 Å². The maximum absolute atomic E-state index is 10.9. The maximum Gasteiger partial charge on any atom is 0.327 e. The van der Waals surface area contributed by atoms with Gasteiger partial charge in [0, 0.05) is 0 Å². The number of hydrogen-bond donors (Lipinski definition) is 3. The van der Waals surface area contributed by atoms with Crippen LogP contribution in [0.1, 0.15) is 0 Å². The fourth-order valence-corrected chi connectivity index (χ4v) is 0.867. The van der Waals surface area contributed by atoms with Crippen LogP contribution in [0.3, 0.4) is 0 Å². The Morgan fingerprint density at radius 3 is 2.75 bits per heavy atom. The number of hydrogen-bond acceptors (Lipinski definition) is 3. The van der Waals surface area contributed by atoms with Crippen LogP contribution in [0.5, 0.6) is 0 Å². The number of H-pyrrole nitrogens is 3. The summed E-state index contributed by atoms with van der Waals surface area (Å²) < 4.78 is 0. The van der Waals surface area contributed by atoms with E-state index in [1.807, 2.05) is 0 Å². The summed E-state index contributed by atoms with van der Waals surface area (Å²) in [6.45, 7) is 0. The van der Waals surface area contributed by atoms with Gasteiger partial charge in [-0.1, -0.05) is 0 Å². The molecule has 0 saturated heterocycles. The van der Waals surface area contributed by atoms with Gasteiger partial charge in [0.05, 0.1) is 6.33 Å². The van der Waals surface area contributed by atoms with Crippen molar-refractivity contribution in [3.63, 3.8) is 0 Å². The van der Waals surface area contributed by atoms with E-state index in [9.17, 15) is 9.59 Å². The van der Waals surface area contributed by atoms with Gasteiger partial charge in [0.2, 0.25) is 0 Å². The largest absolute Gasteiger partial charge is 0.339 e. The van der Waals surface area contributed by atoms with E-state index in [2.05, 4.69) is 19.9 Å². The van der Waals surface area contributed by atoms with E-state index in [4.69, 9.17) is 0 Å². The van der Waals surface area contributed by atoms with E-state index in [0.29, 0.717) is 0 Å². The minimum Gasteiger partial charge on any atom is -0.339 e. The smallest absolute Gasteiger partial charge is 0.327 e. The Labute approximate surface area is 64.0 Å². The van der Waals surface area contributed by atoms with Crippen LogP contribution in [0, 0.1) is 0 Å². The second-order valence-corrected chi connectivity index (χ2v) is 2.03. The maximum atomic E-state index is 10.9. The van der Waals surface area contributed by atoms with Crippen molar-refractivity contribution in [2.45, 2.75) is 0 Å². The lowest BCUT2D eigenvalue weighted by Crippen LogP contribution is -2.21. The summed E-state index contributed by atoms with van der Waals surface area (Å²) in [7, 11) is 0. The van der Waals surface area contributed by atoms with Crippen molar-refractivity contribution < 1.29 is 4.70 Å². The van der Waals surface area contributed by atoms with Gasteiger partial charge >= 0.3 is 5.69 Å². The monoisotopic (exact) mass is 172 g/mol. The van der Waals surface area contributed by atoms with Crippen molar-refractivity contribution in [1.82, 2.24) is 19.9 Å². The van der Waals surface area contributed by atoms with Gasteiger partial charge in [-0.05, 0) is 0 Å². The summed E-state index contributed by atoms with van der Waals surface area (Å²) in [5, 5.41) is 0. The average Bonchev–Trinajstić information content (AvgIpc) is 2.34. The van der Waals surface area contributed by atoms with Gasteiger partial charge in [-0.25, -0.2) is 9.78 Å². The standard InChI is InChI=1S/C5H4N4O2.FH/c10-4-2-3(7-1-6-2)8-5(11)9-4;/h1H,(H3,6,7,8,9,10,11);1H. The van der Waals surface area contributed by atoms with Crippen molar-refractivity contribution in [2.75, 3.05) is 0 Å². The molecular formula is C5H5FN4O2. The highest BCUT2D eigenvalue weighted by atomic mass is 19.0. The number of fused-ring (bicyclic) bond motifs is 1. The van der Waals surface area contributed by atoms with Gasteiger partial charge in [0.15, 0.2) is 5.65 Å². The molecule has 2 aromatic rings. The Kier molecular flexibility index (Phi) is 1.78. The molecule has 0 aliphatic carbocycles. The number of imidazole rings is 1. The molecule has 0 fully saturated rings. The molecule has 64 valence electrons. The molecule has 0 atom stereocenters. The minimum atomic E-state index is -0.547. The van der Waals surface area contributed by atoms with E-state index < -0.39 is 11.2 Å². The van der Waals surface area contributed by atoms with Gasteiger partial charge < -0.3 is 4.98 Å². The molecule has 0 aliphatic rings. The highest BCUT2D eigenvalue weighted by molar-refractivity contribution is 5.67. The molecule has 0 amide bonds. The Hall–Kier alpha value is -1.92. The second kappa shape index (κ2) is 2.61. The Bertz CT molecular complexity index is 496. The number of halogens is 1. The molecule has 3 N–H and O–H groups in total. The van der Waals surface area contributed by atoms with Crippen LogP contribution in [0.15, 0.2) is 15.9 Å². The lowest BCUT2D eigenvalue weighted by molar-refractivity contribution is 1.07. The first-order valence-electron chi connectivity index (χ1n) is 2.93. The minimum absolute atomic E-state index is 0. The van der Waals surface area contributed by atoms with Gasteiger partial charge in [-0.3, -0.25) is 19.5 Å². The lowest BCUT2D eigenvalue weighted by Gasteiger charge is -1.83. The highest BCUT2D eigenvalue weighted by Gasteiger charge is 1.99. The highest BCUT2D eigenvalue weighted by Crippen LogP contribution is 1.92. The van der Waals surface area contributed by atoms with Gasteiger partial charge in [-0.15, -0.1) is 0 Å². The third-order valence-corrected chi connectivity index (χ3v) is 1.33. The van der Waals surface area contributed by atoms with Crippen molar-refractivity contribution in [3.8, 4) is 0 Å². The number of aromatic amines is 3. The first kappa shape index (κ1) is 8.18. The first-order chi connectivity index (χ1) is 5.27. The van der Waals surface area contributed by atoms with Crippen LogP contribution in [0.2, 0.25) is 0 Å². The van der Waals surface area contributed by atoms with Crippen molar-refractivity contribution >= 4 is 11.2 Å². The molecule has 0 aliphatic heterocycles. The average molecular weight is 172 g/mol. The number of aromatic nitrogens is 4. The molecule has 0 bridgehead atoms. The Balaban J connectivity index is 0.000000720. The SMILES string of the molecule is F.O=c1[nH]c(=O)c2[nH]cnc2[nH]1. The molecular weight excluding hydrogens is 167 g/mol. The molecule has 0 unspecified atom stereocenters. The fourth-order valence-electron chi connectivity index (χ4n) is 0.867. The van der Waals surface area contributed by atoms with Gasteiger partial charge in [-0.2, -0.15) is 0 Å². The normalized spacial score (nSPS) is 9.67. The zero-order valence-electron chi connectivity index (χ0n) is 5.75. The van der Waals surface area contributed by atoms with Crippen LogP contribution in [-0.4, -0.2) is 19.9 Å². The quantitative estimate of drug-likeness (QED) is 0.480. The summed E-state index contributed by atoms with van der Waals surface area (Å²) in [5.74, 6) is 0. The van der Waals surface area contributed by atoms with Crippen LogP contribution in [0.4, 0.5) is 4.70 Å². The molecule has 12 heavy (non-hydrogen) atoms. The summed E-state index contributed by atoms with van der Waals surface area (Å²) in [4.78, 5) is 32.3. The Morgan fingerprint density at radius 2 is 2.00 bits per heavy atom. The summed E-state index contributed by atoms with van der Waals surface area (Å²) in [6, 6.07) is 0. The third-order valence-electron chi connectivity index (χ3n) is 1.33. The predicted octanol–water partition coefficient (Wildman–Crippen LogP) is -0.908. The zero-order valence-corrected chi connectivity index (χ0v) is 5.75. The molecule has 2 rings (SSSR count). The predicted molar refractivity (Wildman–Crippen MR) is 39.8 cm³/mol.